The van der Waals surface area contributed by atoms with Crippen LogP contribution in [0.3, 0.4) is 0 Å². The molecule has 2 heterocycles. The molecule has 0 radical (unpaired) electrons. The number of nitrogens with one attached hydrogen (secondary N) is 1. The number of imidazole rings is 1. The van der Waals surface area contributed by atoms with Gasteiger partial charge in [-0.15, -0.1) is 0 Å². The third-order valence-electron chi connectivity index (χ3n) is 4.93. The highest BCUT2D eigenvalue weighted by Gasteiger charge is 2.32. The molecule has 6 nitrogen and oxygen atoms in total. The number of benzene rings is 1. The molecule has 0 amide bonds. The molecule has 4 rings (SSSR count). The molecular weight excluding hydrogens is 338 g/mol. The standard InChI is InChI=1S/C18H23N3O3S/c1-25(22,23)15-6-4-14(5-7-15)16-10-19-18(20-16)17-12-24-9-8-21(17)11-13-2-3-13/h4-7,10,13,17H,2-3,8-9,11-12H2,1H3,(H,19,20). The Hall–Kier alpha value is -1.70. The maximum Gasteiger partial charge on any atom is 0.175 e. The van der Waals surface area contributed by atoms with Gasteiger partial charge in [0, 0.05) is 19.3 Å². The van der Waals surface area contributed by atoms with Crippen molar-refractivity contribution in [3.8, 4) is 11.3 Å². The molecule has 0 spiro atoms. The summed E-state index contributed by atoms with van der Waals surface area (Å²) in [6.45, 7) is 3.50. The van der Waals surface area contributed by atoms with E-state index in [0.29, 0.717) is 11.5 Å². The molecule has 1 aromatic carbocycles. The number of aromatic amines is 1. The zero-order valence-corrected chi connectivity index (χ0v) is 15.1. The minimum absolute atomic E-state index is 0.165. The van der Waals surface area contributed by atoms with Crippen LogP contribution < -0.4 is 0 Å². The van der Waals surface area contributed by atoms with Gasteiger partial charge in [0.05, 0.1) is 36.0 Å². The maximum absolute atomic E-state index is 11.6. The van der Waals surface area contributed by atoms with Crippen molar-refractivity contribution in [1.82, 2.24) is 14.9 Å². The first-order chi connectivity index (χ1) is 12.0. The lowest BCUT2D eigenvalue weighted by Gasteiger charge is -2.34. The summed E-state index contributed by atoms with van der Waals surface area (Å²) in [6.07, 6.45) is 5.70. The molecule has 2 aromatic rings. The average molecular weight is 361 g/mol. The van der Waals surface area contributed by atoms with Crippen molar-refractivity contribution in [3.05, 3.63) is 36.3 Å². The van der Waals surface area contributed by atoms with Crippen molar-refractivity contribution in [1.29, 1.82) is 0 Å². The molecule has 0 bridgehead atoms. The lowest BCUT2D eigenvalue weighted by molar-refractivity contribution is -0.0134. The highest BCUT2D eigenvalue weighted by molar-refractivity contribution is 7.90. The van der Waals surface area contributed by atoms with Crippen molar-refractivity contribution in [2.24, 2.45) is 5.92 Å². The van der Waals surface area contributed by atoms with Gasteiger partial charge in [-0.25, -0.2) is 13.4 Å². The monoisotopic (exact) mass is 361 g/mol. The van der Waals surface area contributed by atoms with Crippen molar-refractivity contribution < 1.29 is 13.2 Å². The Balaban J connectivity index is 1.54. The summed E-state index contributed by atoms with van der Waals surface area (Å²) < 4.78 is 28.8. The van der Waals surface area contributed by atoms with Crippen LogP contribution in [0.4, 0.5) is 0 Å². The minimum Gasteiger partial charge on any atom is -0.378 e. The molecule has 1 saturated carbocycles. The fourth-order valence-electron chi connectivity index (χ4n) is 3.27. The van der Waals surface area contributed by atoms with Gasteiger partial charge in [-0.2, -0.15) is 0 Å². The first-order valence-electron chi connectivity index (χ1n) is 8.68. The predicted octanol–water partition coefficient (Wildman–Crippen LogP) is 2.26. The molecule has 134 valence electrons. The van der Waals surface area contributed by atoms with Crippen molar-refractivity contribution in [2.45, 2.75) is 23.8 Å². The van der Waals surface area contributed by atoms with E-state index in [1.807, 2.05) is 18.3 Å². The van der Waals surface area contributed by atoms with Gasteiger partial charge in [0.1, 0.15) is 5.82 Å². The van der Waals surface area contributed by atoms with Gasteiger partial charge in [-0.3, -0.25) is 4.90 Å². The van der Waals surface area contributed by atoms with E-state index in [2.05, 4.69) is 14.9 Å². The highest BCUT2D eigenvalue weighted by Crippen LogP contribution is 2.33. The Labute approximate surface area is 148 Å². The van der Waals surface area contributed by atoms with E-state index in [-0.39, 0.29) is 6.04 Å². The van der Waals surface area contributed by atoms with Crippen LogP contribution in [-0.4, -0.2) is 55.8 Å². The van der Waals surface area contributed by atoms with E-state index in [0.717, 1.165) is 42.7 Å². The van der Waals surface area contributed by atoms with Gasteiger partial charge in [0.15, 0.2) is 9.84 Å². The topological polar surface area (TPSA) is 75.3 Å². The van der Waals surface area contributed by atoms with Crippen LogP contribution in [0.1, 0.15) is 24.7 Å². The second-order valence-corrected chi connectivity index (χ2v) is 9.02. The smallest absolute Gasteiger partial charge is 0.175 e. The van der Waals surface area contributed by atoms with Crippen LogP contribution in [0.2, 0.25) is 0 Å². The summed E-state index contributed by atoms with van der Waals surface area (Å²) in [4.78, 5) is 10.8. The number of hydrogen-bond donors (Lipinski definition) is 1. The van der Waals surface area contributed by atoms with Crippen LogP contribution in [0.15, 0.2) is 35.4 Å². The first-order valence-corrected chi connectivity index (χ1v) is 10.6. The van der Waals surface area contributed by atoms with E-state index in [1.165, 1.54) is 19.1 Å². The Morgan fingerprint density at radius 3 is 2.72 bits per heavy atom. The minimum atomic E-state index is -3.18. The summed E-state index contributed by atoms with van der Waals surface area (Å²) in [7, 11) is -3.18. The van der Waals surface area contributed by atoms with E-state index < -0.39 is 9.84 Å². The fraction of sp³-hybridized carbons (Fsp3) is 0.500. The zero-order chi connectivity index (χ0) is 17.4. The third-order valence-corrected chi connectivity index (χ3v) is 6.06. The molecule has 2 fully saturated rings. The molecule has 1 aliphatic heterocycles. The Morgan fingerprint density at radius 1 is 1.28 bits per heavy atom. The van der Waals surface area contributed by atoms with Crippen LogP contribution in [-0.2, 0) is 14.6 Å². The van der Waals surface area contributed by atoms with E-state index in [1.54, 1.807) is 12.1 Å². The maximum atomic E-state index is 11.6. The van der Waals surface area contributed by atoms with Crippen LogP contribution >= 0.6 is 0 Å². The summed E-state index contributed by atoms with van der Waals surface area (Å²) in [6, 6.07) is 7.06. The van der Waals surface area contributed by atoms with Gasteiger partial charge >= 0.3 is 0 Å². The summed E-state index contributed by atoms with van der Waals surface area (Å²) in [5, 5.41) is 0. The number of hydrogen-bond acceptors (Lipinski definition) is 5. The third kappa shape index (κ3) is 3.78. The normalized spacial score (nSPS) is 22.2. The van der Waals surface area contributed by atoms with Gasteiger partial charge in [0.2, 0.25) is 0 Å². The van der Waals surface area contributed by atoms with E-state index in [4.69, 9.17) is 4.74 Å². The Kier molecular flexibility index (Phi) is 4.39. The number of ether oxygens (including phenoxy) is 1. The molecule has 25 heavy (non-hydrogen) atoms. The average Bonchev–Trinajstić information content (AvgIpc) is 3.27. The second-order valence-electron chi connectivity index (χ2n) is 7.01. The second kappa shape index (κ2) is 6.55. The number of nitrogens with zero attached hydrogens (tertiary/aromatic N) is 2. The molecule has 1 N–H and O–H groups in total. The van der Waals surface area contributed by atoms with Crippen molar-refractivity contribution >= 4 is 9.84 Å². The summed E-state index contributed by atoms with van der Waals surface area (Å²) >= 11 is 0. The Morgan fingerprint density at radius 2 is 2.04 bits per heavy atom. The number of morpholine rings is 1. The van der Waals surface area contributed by atoms with Crippen LogP contribution in [0.25, 0.3) is 11.3 Å². The van der Waals surface area contributed by atoms with Gasteiger partial charge in [-0.05, 0) is 36.5 Å². The number of H-pyrrole nitrogens is 1. The zero-order valence-electron chi connectivity index (χ0n) is 14.3. The first kappa shape index (κ1) is 16.8. The highest BCUT2D eigenvalue weighted by atomic mass is 32.2. The van der Waals surface area contributed by atoms with Crippen LogP contribution in [0.5, 0.6) is 0 Å². The van der Waals surface area contributed by atoms with Crippen LogP contribution in [0, 0.1) is 5.92 Å². The van der Waals surface area contributed by atoms with Crippen molar-refractivity contribution in [2.75, 3.05) is 32.6 Å². The fourth-order valence-corrected chi connectivity index (χ4v) is 3.91. The largest absolute Gasteiger partial charge is 0.378 e. The van der Waals surface area contributed by atoms with E-state index in [9.17, 15) is 8.42 Å². The molecule has 1 saturated heterocycles. The molecule has 1 aromatic heterocycles. The molecule has 1 atom stereocenters. The van der Waals surface area contributed by atoms with Crippen molar-refractivity contribution in [3.63, 3.8) is 0 Å². The SMILES string of the molecule is CS(=O)(=O)c1ccc(-c2cnc(C3COCCN3CC3CC3)[nH]2)cc1. The van der Waals surface area contributed by atoms with E-state index >= 15 is 0 Å². The van der Waals surface area contributed by atoms with Gasteiger partial charge < -0.3 is 9.72 Å². The lowest BCUT2D eigenvalue weighted by Crippen LogP contribution is -2.41. The predicted molar refractivity (Wildman–Crippen MR) is 95.0 cm³/mol. The summed E-state index contributed by atoms with van der Waals surface area (Å²) in [5.74, 6) is 1.75. The lowest BCUT2D eigenvalue weighted by atomic mass is 10.2. The number of aromatic nitrogens is 2. The molecule has 2 aliphatic rings. The number of rotatable bonds is 5. The quantitative estimate of drug-likeness (QED) is 0.884. The molecular formula is C18H23N3O3S. The number of sulfone groups is 1. The molecule has 1 unspecified atom stereocenters. The molecule has 1 aliphatic carbocycles. The van der Waals surface area contributed by atoms with Gasteiger partial charge in [-0.1, -0.05) is 12.1 Å². The molecule has 7 heteroatoms. The van der Waals surface area contributed by atoms with Gasteiger partial charge in [0.25, 0.3) is 0 Å². The summed E-state index contributed by atoms with van der Waals surface area (Å²) in [5.41, 5.74) is 1.82. The Bertz CT molecular complexity index is 841.